The van der Waals surface area contributed by atoms with E-state index in [2.05, 4.69) is 50.1 Å². The van der Waals surface area contributed by atoms with Gasteiger partial charge in [0.25, 0.3) is 5.56 Å². The van der Waals surface area contributed by atoms with Crippen LogP contribution in [0.3, 0.4) is 0 Å². The maximum absolute atomic E-state index is 13.0. The summed E-state index contributed by atoms with van der Waals surface area (Å²) in [6.07, 6.45) is 0.444. The van der Waals surface area contributed by atoms with E-state index in [0.29, 0.717) is 29.0 Å². The molecule has 0 spiro atoms. The van der Waals surface area contributed by atoms with E-state index >= 15 is 0 Å². The number of carbonyl (C=O) groups is 1. The zero-order valence-electron chi connectivity index (χ0n) is 19.1. The minimum Gasteiger partial charge on any atom is -0.396 e. The number of aromatic nitrogens is 2. The normalized spacial score (nSPS) is 11.5. The second kappa shape index (κ2) is 10.8. The molecule has 1 amide bonds. The molecule has 6 nitrogen and oxygen atoms in total. The van der Waals surface area contributed by atoms with Gasteiger partial charge in [-0.05, 0) is 41.5 Å². The Kier molecular flexibility index (Phi) is 8.10. The van der Waals surface area contributed by atoms with Crippen molar-refractivity contribution in [3.63, 3.8) is 0 Å². The van der Waals surface area contributed by atoms with Gasteiger partial charge < -0.3 is 10.4 Å². The van der Waals surface area contributed by atoms with Crippen molar-refractivity contribution in [2.45, 2.75) is 57.7 Å². The van der Waals surface area contributed by atoms with Gasteiger partial charge in [0.2, 0.25) is 5.91 Å². The smallest absolute Gasteiger partial charge is 0.262 e. The molecule has 2 aromatic carbocycles. The highest BCUT2D eigenvalue weighted by molar-refractivity contribution is 7.99. The summed E-state index contributed by atoms with van der Waals surface area (Å²) in [4.78, 5) is 30.5. The van der Waals surface area contributed by atoms with E-state index in [-0.39, 0.29) is 35.7 Å². The molecule has 0 aliphatic carbocycles. The number of hydrogen-bond donors (Lipinski definition) is 2. The first-order valence-electron chi connectivity index (χ1n) is 11.0. The Morgan fingerprint density at radius 1 is 1.06 bits per heavy atom. The predicted molar refractivity (Wildman–Crippen MR) is 132 cm³/mol. The lowest BCUT2D eigenvalue weighted by molar-refractivity contribution is -0.113. The monoisotopic (exact) mass is 453 g/mol. The molecule has 7 heteroatoms. The predicted octanol–water partition coefficient (Wildman–Crippen LogP) is 4.76. The molecule has 0 bridgehead atoms. The summed E-state index contributed by atoms with van der Waals surface area (Å²) < 4.78 is 1.55. The third kappa shape index (κ3) is 5.40. The van der Waals surface area contributed by atoms with Crippen LogP contribution in [0.25, 0.3) is 10.9 Å². The van der Waals surface area contributed by atoms with Crippen molar-refractivity contribution in [3.05, 3.63) is 63.9 Å². The number of anilines is 1. The van der Waals surface area contributed by atoms with E-state index in [9.17, 15) is 14.7 Å². The molecule has 1 aromatic heterocycles. The molecule has 170 valence electrons. The molecule has 0 radical (unpaired) electrons. The van der Waals surface area contributed by atoms with Crippen LogP contribution < -0.4 is 10.9 Å². The third-order valence-electron chi connectivity index (χ3n) is 5.34. The number of nitrogens with one attached hydrogen (secondary N) is 1. The molecule has 0 aliphatic rings. The van der Waals surface area contributed by atoms with Crippen molar-refractivity contribution in [3.8, 4) is 0 Å². The van der Waals surface area contributed by atoms with Gasteiger partial charge in [0.1, 0.15) is 0 Å². The standard InChI is InChI=1S/C25H31N3O3S/c1-16(2)18-10-7-11-19(17(3)4)23(18)27-22(30)15-32-25-26-21-12-6-5-9-20(21)24(31)28(25)13-8-14-29/h5-7,9-12,16-17,29H,8,13-15H2,1-4H3,(H,27,30). The second-order valence-corrected chi connectivity index (χ2v) is 9.35. The SMILES string of the molecule is CC(C)c1cccc(C(C)C)c1NC(=O)CSc1nc2ccccc2c(=O)n1CCCO. The van der Waals surface area contributed by atoms with Gasteiger partial charge in [-0.2, -0.15) is 0 Å². The quantitative estimate of drug-likeness (QED) is 0.361. The maximum atomic E-state index is 13.0. The maximum Gasteiger partial charge on any atom is 0.262 e. The first-order valence-corrected chi connectivity index (χ1v) is 12.0. The molecule has 0 saturated heterocycles. The Bertz CT molecular complexity index is 1130. The second-order valence-electron chi connectivity index (χ2n) is 8.40. The van der Waals surface area contributed by atoms with Crippen molar-refractivity contribution in [2.75, 3.05) is 17.7 Å². The van der Waals surface area contributed by atoms with E-state index < -0.39 is 0 Å². The van der Waals surface area contributed by atoms with Crippen molar-refractivity contribution in [2.24, 2.45) is 0 Å². The number of hydrogen-bond acceptors (Lipinski definition) is 5. The largest absolute Gasteiger partial charge is 0.396 e. The number of carbonyl (C=O) groups excluding carboxylic acids is 1. The van der Waals surface area contributed by atoms with E-state index in [4.69, 9.17) is 0 Å². The molecular weight excluding hydrogens is 422 g/mol. The van der Waals surface area contributed by atoms with E-state index in [1.165, 1.54) is 11.8 Å². The molecule has 1 heterocycles. The molecule has 2 N–H and O–H groups in total. The van der Waals surface area contributed by atoms with E-state index in [1.54, 1.807) is 22.8 Å². The van der Waals surface area contributed by atoms with E-state index in [0.717, 1.165) is 16.8 Å². The molecule has 0 aliphatic heterocycles. The molecule has 0 unspecified atom stereocenters. The lowest BCUT2D eigenvalue weighted by Crippen LogP contribution is -2.25. The number of aliphatic hydroxyl groups is 1. The number of benzene rings is 2. The number of nitrogens with zero attached hydrogens (tertiary/aromatic N) is 2. The van der Waals surface area contributed by atoms with Gasteiger partial charge in [-0.3, -0.25) is 14.2 Å². The fourth-order valence-corrected chi connectivity index (χ4v) is 4.51. The molecular formula is C25H31N3O3S. The number of aliphatic hydroxyl groups excluding tert-OH is 1. The Morgan fingerprint density at radius 3 is 2.34 bits per heavy atom. The Morgan fingerprint density at radius 2 is 1.72 bits per heavy atom. The number of fused-ring (bicyclic) bond motifs is 1. The van der Waals surface area contributed by atoms with Crippen LogP contribution in [0.4, 0.5) is 5.69 Å². The number of para-hydroxylation sites is 2. The van der Waals surface area contributed by atoms with Crippen molar-refractivity contribution in [1.29, 1.82) is 0 Å². The van der Waals surface area contributed by atoms with Crippen molar-refractivity contribution >= 4 is 34.3 Å². The summed E-state index contributed by atoms with van der Waals surface area (Å²) in [7, 11) is 0. The fourth-order valence-electron chi connectivity index (χ4n) is 3.68. The highest BCUT2D eigenvalue weighted by Gasteiger charge is 2.17. The molecule has 0 atom stereocenters. The lowest BCUT2D eigenvalue weighted by Gasteiger charge is -2.20. The number of rotatable bonds is 9. The highest BCUT2D eigenvalue weighted by Crippen LogP contribution is 2.32. The van der Waals surface area contributed by atoms with Crippen LogP contribution in [0.2, 0.25) is 0 Å². The number of thioether (sulfide) groups is 1. The van der Waals surface area contributed by atoms with Gasteiger partial charge in [0.15, 0.2) is 5.16 Å². The minimum absolute atomic E-state index is 0.0200. The summed E-state index contributed by atoms with van der Waals surface area (Å²) in [5.74, 6) is 0.555. The van der Waals surface area contributed by atoms with Crippen molar-refractivity contribution < 1.29 is 9.90 Å². The summed E-state index contributed by atoms with van der Waals surface area (Å²) in [6.45, 7) is 8.79. The van der Waals surface area contributed by atoms with Gasteiger partial charge in [-0.15, -0.1) is 0 Å². The highest BCUT2D eigenvalue weighted by atomic mass is 32.2. The summed E-state index contributed by atoms with van der Waals surface area (Å²) in [6, 6.07) is 13.3. The van der Waals surface area contributed by atoms with Crippen molar-refractivity contribution in [1.82, 2.24) is 9.55 Å². The van der Waals surface area contributed by atoms with Crippen LogP contribution in [0.5, 0.6) is 0 Å². The van der Waals surface area contributed by atoms with Crippen LogP contribution in [-0.4, -0.2) is 32.9 Å². The van der Waals surface area contributed by atoms with Gasteiger partial charge in [0.05, 0.1) is 16.7 Å². The van der Waals surface area contributed by atoms with Gasteiger partial charge in [-0.25, -0.2) is 4.98 Å². The van der Waals surface area contributed by atoms with Crippen LogP contribution >= 0.6 is 11.8 Å². The van der Waals surface area contributed by atoms with Gasteiger partial charge in [-0.1, -0.05) is 69.8 Å². The van der Waals surface area contributed by atoms with Crippen LogP contribution in [0, 0.1) is 0 Å². The molecule has 32 heavy (non-hydrogen) atoms. The molecule has 0 fully saturated rings. The van der Waals surface area contributed by atoms with Crippen LogP contribution in [0.1, 0.15) is 57.1 Å². The Labute approximate surface area is 193 Å². The van der Waals surface area contributed by atoms with Gasteiger partial charge in [0, 0.05) is 18.8 Å². The Balaban J connectivity index is 1.86. The summed E-state index contributed by atoms with van der Waals surface area (Å²) in [5, 5.41) is 13.4. The average molecular weight is 454 g/mol. The first-order chi connectivity index (χ1) is 15.3. The molecule has 0 saturated carbocycles. The lowest BCUT2D eigenvalue weighted by atomic mass is 9.92. The summed E-state index contributed by atoms with van der Waals surface area (Å²) >= 11 is 1.24. The van der Waals surface area contributed by atoms with Gasteiger partial charge >= 0.3 is 0 Å². The average Bonchev–Trinajstić information content (AvgIpc) is 2.77. The molecule has 3 rings (SSSR count). The van der Waals surface area contributed by atoms with E-state index in [1.807, 2.05) is 12.1 Å². The van der Waals surface area contributed by atoms with Crippen LogP contribution in [0.15, 0.2) is 52.4 Å². The summed E-state index contributed by atoms with van der Waals surface area (Å²) in [5.41, 5.74) is 3.55. The zero-order valence-corrected chi connectivity index (χ0v) is 19.9. The minimum atomic E-state index is -0.154. The van der Waals surface area contributed by atoms with Crippen LogP contribution in [-0.2, 0) is 11.3 Å². The number of amides is 1. The topological polar surface area (TPSA) is 84.2 Å². The first kappa shape index (κ1) is 24.0. The molecule has 3 aromatic rings. The fraction of sp³-hybridized carbons (Fsp3) is 0.400. The zero-order chi connectivity index (χ0) is 23.3. The Hall–Kier alpha value is -2.64. The third-order valence-corrected chi connectivity index (χ3v) is 6.31.